The van der Waals surface area contributed by atoms with Crippen molar-refractivity contribution in [3.8, 4) is 0 Å². The molecule has 20 heavy (non-hydrogen) atoms. The number of nitrogens with zero attached hydrogens (tertiary/aromatic N) is 1. The van der Waals surface area contributed by atoms with Gasteiger partial charge in [-0.1, -0.05) is 31.9 Å². The summed E-state index contributed by atoms with van der Waals surface area (Å²) in [7, 11) is 4.24. The number of hydrogen-bond donors (Lipinski definition) is 1. The van der Waals surface area contributed by atoms with Crippen molar-refractivity contribution in [1.29, 1.82) is 0 Å². The first-order chi connectivity index (χ1) is 9.57. The minimum atomic E-state index is 0.0424. The Balaban J connectivity index is 1.97. The van der Waals surface area contributed by atoms with Gasteiger partial charge >= 0.3 is 0 Å². The fraction of sp³-hybridized carbons (Fsp3) is 0.588. The highest BCUT2D eigenvalue weighted by Crippen LogP contribution is 2.33. The van der Waals surface area contributed by atoms with Gasteiger partial charge in [-0.05, 0) is 51.1 Å². The number of likely N-dealkylation sites (N-methyl/N-ethyl adjacent to an activating group) is 1. The van der Waals surface area contributed by atoms with Crippen LogP contribution in [0.25, 0.3) is 0 Å². The Morgan fingerprint density at radius 3 is 2.30 bits per heavy atom. The van der Waals surface area contributed by atoms with Crippen molar-refractivity contribution in [2.75, 3.05) is 20.6 Å². The van der Waals surface area contributed by atoms with Crippen molar-refractivity contribution in [2.45, 2.75) is 44.6 Å². The number of hydrogen-bond acceptors (Lipinski definition) is 2. The van der Waals surface area contributed by atoms with Crippen LogP contribution < -0.4 is 5.32 Å². The van der Waals surface area contributed by atoms with E-state index in [4.69, 9.17) is 0 Å². The zero-order valence-corrected chi connectivity index (χ0v) is 12.9. The Bertz CT molecular complexity index is 445. The maximum atomic E-state index is 12.2. The second-order valence-corrected chi connectivity index (χ2v) is 6.06. The molecular formula is C17H26N2O. The Morgan fingerprint density at radius 1 is 1.20 bits per heavy atom. The summed E-state index contributed by atoms with van der Waals surface area (Å²) in [5.74, 6) is 0.0424. The first-order valence-electron chi connectivity index (χ1n) is 7.62. The molecule has 3 nitrogen and oxygen atoms in total. The lowest BCUT2D eigenvalue weighted by atomic mass is 9.96. The first kappa shape index (κ1) is 15.0. The van der Waals surface area contributed by atoms with Crippen LogP contribution in [-0.4, -0.2) is 37.0 Å². The van der Waals surface area contributed by atoms with E-state index < -0.39 is 0 Å². The van der Waals surface area contributed by atoms with Crippen LogP contribution in [0.2, 0.25) is 0 Å². The number of rotatable bonds is 5. The fourth-order valence-electron chi connectivity index (χ4n) is 3.05. The number of carbonyl (C=O) groups is 1. The topological polar surface area (TPSA) is 32.3 Å². The van der Waals surface area contributed by atoms with Crippen LogP contribution in [-0.2, 0) is 6.42 Å². The summed E-state index contributed by atoms with van der Waals surface area (Å²) in [4.78, 5) is 14.5. The van der Waals surface area contributed by atoms with Gasteiger partial charge in [-0.3, -0.25) is 4.79 Å². The Hall–Kier alpha value is -1.35. The second kappa shape index (κ2) is 6.40. The molecule has 0 heterocycles. The summed E-state index contributed by atoms with van der Waals surface area (Å²) >= 11 is 0. The highest BCUT2D eigenvalue weighted by atomic mass is 16.1. The normalized spacial score (nSPS) is 17.4. The van der Waals surface area contributed by atoms with Crippen molar-refractivity contribution in [3.05, 3.63) is 35.4 Å². The van der Waals surface area contributed by atoms with E-state index in [1.165, 1.54) is 31.2 Å². The molecule has 1 N–H and O–H groups in total. The first-order valence-corrected chi connectivity index (χ1v) is 7.62. The summed E-state index contributed by atoms with van der Waals surface area (Å²) in [6.07, 6.45) is 5.88. The van der Waals surface area contributed by atoms with E-state index >= 15 is 0 Å². The van der Waals surface area contributed by atoms with Crippen LogP contribution in [0.3, 0.4) is 0 Å². The van der Waals surface area contributed by atoms with Gasteiger partial charge in [0.05, 0.1) is 0 Å². The SMILES string of the molecule is CCc1ccc(C(=O)NCC2(N(C)C)CCCC2)cc1. The molecule has 0 aliphatic heterocycles. The molecule has 110 valence electrons. The molecule has 1 aliphatic carbocycles. The summed E-state index contributed by atoms with van der Waals surface area (Å²) in [6, 6.07) is 7.91. The van der Waals surface area contributed by atoms with E-state index in [-0.39, 0.29) is 11.4 Å². The van der Waals surface area contributed by atoms with E-state index in [1.54, 1.807) is 0 Å². The van der Waals surface area contributed by atoms with Crippen LogP contribution in [0.15, 0.2) is 24.3 Å². The smallest absolute Gasteiger partial charge is 0.251 e. The van der Waals surface area contributed by atoms with E-state index in [1.807, 2.05) is 24.3 Å². The summed E-state index contributed by atoms with van der Waals surface area (Å²) < 4.78 is 0. The molecule has 1 aromatic rings. The third-order valence-electron chi connectivity index (χ3n) is 4.69. The van der Waals surface area contributed by atoms with E-state index in [0.29, 0.717) is 0 Å². The van der Waals surface area contributed by atoms with Gasteiger partial charge in [0.1, 0.15) is 0 Å². The van der Waals surface area contributed by atoms with Gasteiger partial charge in [0.15, 0.2) is 0 Å². The van der Waals surface area contributed by atoms with Gasteiger partial charge in [0.25, 0.3) is 5.91 Å². The van der Waals surface area contributed by atoms with Crippen molar-refractivity contribution in [2.24, 2.45) is 0 Å². The average molecular weight is 274 g/mol. The lowest BCUT2D eigenvalue weighted by molar-refractivity contribution is 0.0900. The molecule has 1 aromatic carbocycles. The highest BCUT2D eigenvalue weighted by molar-refractivity contribution is 5.94. The number of amides is 1. The average Bonchev–Trinajstić information content (AvgIpc) is 2.95. The molecule has 1 amide bonds. The molecule has 0 unspecified atom stereocenters. The maximum absolute atomic E-state index is 12.2. The van der Waals surface area contributed by atoms with Gasteiger partial charge < -0.3 is 10.2 Å². The van der Waals surface area contributed by atoms with Gasteiger partial charge in [-0.25, -0.2) is 0 Å². The second-order valence-electron chi connectivity index (χ2n) is 6.06. The van der Waals surface area contributed by atoms with Crippen molar-refractivity contribution >= 4 is 5.91 Å². The lowest BCUT2D eigenvalue weighted by Gasteiger charge is -2.36. The van der Waals surface area contributed by atoms with Gasteiger partial charge in [-0.2, -0.15) is 0 Å². The minimum absolute atomic E-state index is 0.0424. The molecule has 1 fully saturated rings. The van der Waals surface area contributed by atoms with Crippen LogP contribution in [0.1, 0.15) is 48.5 Å². The molecule has 1 saturated carbocycles. The fourth-order valence-corrected chi connectivity index (χ4v) is 3.05. The number of carbonyl (C=O) groups excluding carboxylic acids is 1. The Morgan fingerprint density at radius 2 is 1.80 bits per heavy atom. The Labute approximate surface area is 122 Å². The molecule has 0 atom stereocenters. The number of benzene rings is 1. The number of aryl methyl sites for hydroxylation is 1. The quantitative estimate of drug-likeness (QED) is 0.895. The van der Waals surface area contributed by atoms with Gasteiger partial charge in [-0.15, -0.1) is 0 Å². The van der Waals surface area contributed by atoms with Crippen LogP contribution in [0, 0.1) is 0 Å². The summed E-state index contributed by atoms with van der Waals surface area (Å²) in [5.41, 5.74) is 2.18. The third kappa shape index (κ3) is 3.21. The standard InChI is InChI=1S/C17H26N2O/c1-4-14-7-9-15(10-8-14)16(20)18-13-17(19(2)3)11-5-6-12-17/h7-10H,4-6,11-13H2,1-3H3,(H,18,20). The van der Waals surface area contributed by atoms with Crippen LogP contribution >= 0.6 is 0 Å². The highest BCUT2D eigenvalue weighted by Gasteiger charge is 2.36. The maximum Gasteiger partial charge on any atom is 0.251 e. The monoisotopic (exact) mass is 274 g/mol. The zero-order chi connectivity index (χ0) is 14.6. The molecular weight excluding hydrogens is 248 g/mol. The molecule has 0 bridgehead atoms. The molecule has 0 saturated heterocycles. The third-order valence-corrected chi connectivity index (χ3v) is 4.69. The summed E-state index contributed by atoms with van der Waals surface area (Å²) in [6.45, 7) is 2.87. The largest absolute Gasteiger partial charge is 0.350 e. The van der Waals surface area contributed by atoms with Crippen molar-refractivity contribution in [3.63, 3.8) is 0 Å². The predicted molar refractivity (Wildman–Crippen MR) is 83.0 cm³/mol. The molecule has 0 radical (unpaired) electrons. The van der Waals surface area contributed by atoms with Crippen molar-refractivity contribution in [1.82, 2.24) is 10.2 Å². The summed E-state index contributed by atoms with van der Waals surface area (Å²) in [5, 5.41) is 3.12. The van der Waals surface area contributed by atoms with Crippen LogP contribution in [0.4, 0.5) is 0 Å². The minimum Gasteiger partial charge on any atom is -0.350 e. The number of nitrogens with one attached hydrogen (secondary N) is 1. The molecule has 0 spiro atoms. The van der Waals surface area contributed by atoms with Gasteiger partial charge in [0, 0.05) is 17.6 Å². The van der Waals surface area contributed by atoms with Gasteiger partial charge in [0.2, 0.25) is 0 Å². The van der Waals surface area contributed by atoms with E-state index in [2.05, 4.69) is 31.2 Å². The van der Waals surface area contributed by atoms with E-state index in [0.717, 1.165) is 18.5 Å². The zero-order valence-electron chi connectivity index (χ0n) is 12.9. The van der Waals surface area contributed by atoms with Crippen LogP contribution in [0.5, 0.6) is 0 Å². The molecule has 0 aromatic heterocycles. The Kier molecular flexibility index (Phi) is 4.81. The molecule has 1 aliphatic rings. The molecule has 2 rings (SSSR count). The van der Waals surface area contributed by atoms with Crippen molar-refractivity contribution < 1.29 is 4.79 Å². The predicted octanol–water partition coefficient (Wildman–Crippen LogP) is 2.85. The lowest BCUT2D eigenvalue weighted by Crippen LogP contribution is -2.50. The van der Waals surface area contributed by atoms with E-state index in [9.17, 15) is 4.79 Å². The molecule has 3 heteroatoms.